The highest BCUT2D eigenvalue weighted by Crippen LogP contribution is 2.36. The molecular weight excluding hydrogens is 220 g/mol. The van der Waals surface area contributed by atoms with Crippen LogP contribution in [0.1, 0.15) is 44.6 Å². The van der Waals surface area contributed by atoms with Crippen molar-refractivity contribution in [2.75, 3.05) is 11.9 Å². The van der Waals surface area contributed by atoms with Crippen molar-refractivity contribution in [1.29, 1.82) is 0 Å². The zero-order valence-electron chi connectivity index (χ0n) is 11.7. The first-order valence-electron chi connectivity index (χ1n) is 7.22. The second kappa shape index (κ2) is 5.75. The first-order valence-corrected chi connectivity index (χ1v) is 7.22. The standard InChI is InChI=1S/C16H26N2/c1-3-14-7-5-9-16(11-14,12-17)18-15-8-4-6-13(2)10-15/h4,6,8,10,14,18H,3,5,7,9,11-12,17H2,1-2H3. The molecule has 1 aliphatic carbocycles. The molecular formula is C16H26N2. The van der Waals surface area contributed by atoms with E-state index in [-0.39, 0.29) is 5.54 Å². The zero-order valence-corrected chi connectivity index (χ0v) is 11.7. The van der Waals surface area contributed by atoms with E-state index in [1.807, 2.05) is 0 Å². The van der Waals surface area contributed by atoms with Gasteiger partial charge in [0.05, 0.1) is 0 Å². The molecule has 0 spiro atoms. The van der Waals surface area contributed by atoms with Crippen molar-refractivity contribution in [3.8, 4) is 0 Å². The van der Waals surface area contributed by atoms with E-state index in [4.69, 9.17) is 5.73 Å². The number of rotatable bonds is 4. The van der Waals surface area contributed by atoms with Gasteiger partial charge in [0.2, 0.25) is 0 Å². The summed E-state index contributed by atoms with van der Waals surface area (Å²) in [4.78, 5) is 0. The van der Waals surface area contributed by atoms with Crippen molar-refractivity contribution in [1.82, 2.24) is 0 Å². The van der Waals surface area contributed by atoms with Gasteiger partial charge in [0.15, 0.2) is 0 Å². The van der Waals surface area contributed by atoms with E-state index in [1.54, 1.807) is 0 Å². The van der Waals surface area contributed by atoms with Gasteiger partial charge in [0.1, 0.15) is 0 Å². The number of aryl methyl sites for hydroxylation is 1. The van der Waals surface area contributed by atoms with Crippen molar-refractivity contribution in [3.63, 3.8) is 0 Å². The summed E-state index contributed by atoms with van der Waals surface area (Å²) < 4.78 is 0. The Bertz CT molecular complexity index is 388. The maximum atomic E-state index is 6.08. The summed E-state index contributed by atoms with van der Waals surface area (Å²) in [7, 11) is 0. The molecule has 2 heteroatoms. The molecule has 1 aromatic rings. The average Bonchev–Trinajstić information content (AvgIpc) is 2.39. The van der Waals surface area contributed by atoms with E-state index in [0.29, 0.717) is 0 Å². The van der Waals surface area contributed by atoms with Gasteiger partial charge in [-0.1, -0.05) is 38.3 Å². The Balaban J connectivity index is 2.12. The van der Waals surface area contributed by atoms with Gasteiger partial charge in [0, 0.05) is 17.8 Å². The lowest BCUT2D eigenvalue weighted by atomic mass is 9.74. The summed E-state index contributed by atoms with van der Waals surface area (Å²) in [6.07, 6.45) is 6.36. The normalized spacial score (nSPS) is 28.1. The van der Waals surface area contributed by atoms with Gasteiger partial charge in [-0.2, -0.15) is 0 Å². The van der Waals surface area contributed by atoms with Crippen molar-refractivity contribution >= 4 is 5.69 Å². The fourth-order valence-electron chi connectivity index (χ4n) is 3.21. The number of anilines is 1. The third-order valence-electron chi connectivity index (χ3n) is 4.34. The second-order valence-electron chi connectivity index (χ2n) is 5.85. The summed E-state index contributed by atoms with van der Waals surface area (Å²) in [6, 6.07) is 8.62. The van der Waals surface area contributed by atoms with Crippen LogP contribution in [0.4, 0.5) is 5.69 Å². The quantitative estimate of drug-likeness (QED) is 0.850. The van der Waals surface area contributed by atoms with Crippen molar-refractivity contribution in [3.05, 3.63) is 29.8 Å². The third-order valence-corrected chi connectivity index (χ3v) is 4.34. The maximum Gasteiger partial charge on any atom is 0.0498 e. The summed E-state index contributed by atoms with van der Waals surface area (Å²) in [5.74, 6) is 0.833. The topological polar surface area (TPSA) is 38.0 Å². The minimum absolute atomic E-state index is 0.118. The highest BCUT2D eigenvalue weighted by Gasteiger charge is 2.34. The molecule has 2 nitrogen and oxygen atoms in total. The number of hydrogen-bond acceptors (Lipinski definition) is 2. The van der Waals surface area contributed by atoms with Crippen LogP contribution in [0.15, 0.2) is 24.3 Å². The van der Waals surface area contributed by atoms with E-state index < -0.39 is 0 Å². The Morgan fingerprint density at radius 3 is 2.94 bits per heavy atom. The van der Waals surface area contributed by atoms with Gasteiger partial charge in [0.25, 0.3) is 0 Å². The molecule has 2 atom stereocenters. The van der Waals surface area contributed by atoms with Crippen molar-refractivity contribution in [2.45, 2.75) is 51.5 Å². The highest BCUT2D eigenvalue weighted by atomic mass is 15.0. The highest BCUT2D eigenvalue weighted by molar-refractivity contribution is 5.48. The molecule has 18 heavy (non-hydrogen) atoms. The molecule has 0 aromatic heterocycles. The summed E-state index contributed by atoms with van der Waals surface area (Å²) >= 11 is 0. The van der Waals surface area contributed by atoms with Crippen LogP contribution in [0.3, 0.4) is 0 Å². The Morgan fingerprint density at radius 1 is 1.44 bits per heavy atom. The first kappa shape index (κ1) is 13.4. The van der Waals surface area contributed by atoms with Gasteiger partial charge in [-0.05, 0) is 43.4 Å². The lowest BCUT2D eigenvalue weighted by Gasteiger charge is -2.41. The lowest BCUT2D eigenvalue weighted by molar-refractivity contribution is 0.244. The minimum atomic E-state index is 0.118. The molecule has 3 N–H and O–H groups in total. The van der Waals surface area contributed by atoms with Crippen LogP contribution in [0.25, 0.3) is 0 Å². The van der Waals surface area contributed by atoms with Gasteiger partial charge >= 0.3 is 0 Å². The molecule has 0 heterocycles. The molecule has 0 saturated heterocycles. The minimum Gasteiger partial charge on any atom is -0.378 e. The Labute approximate surface area is 111 Å². The van der Waals surface area contributed by atoms with Gasteiger partial charge < -0.3 is 11.1 Å². The van der Waals surface area contributed by atoms with Gasteiger partial charge in [-0.15, -0.1) is 0 Å². The lowest BCUT2D eigenvalue weighted by Crippen LogP contribution is -2.49. The summed E-state index contributed by atoms with van der Waals surface area (Å²) in [6.45, 7) is 5.16. The molecule has 0 radical (unpaired) electrons. The van der Waals surface area contributed by atoms with Crippen LogP contribution in [0.2, 0.25) is 0 Å². The number of benzene rings is 1. The smallest absolute Gasteiger partial charge is 0.0498 e. The molecule has 0 bridgehead atoms. The molecule has 0 aliphatic heterocycles. The molecule has 1 aliphatic rings. The average molecular weight is 246 g/mol. The van der Waals surface area contributed by atoms with E-state index in [1.165, 1.54) is 43.4 Å². The number of hydrogen-bond donors (Lipinski definition) is 2. The number of nitrogens with one attached hydrogen (secondary N) is 1. The molecule has 100 valence electrons. The van der Waals surface area contributed by atoms with Crippen LogP contribution in [0.5, 0.6) is 0 Å². The fourth-order valence-corrected chi connectivity index (χ4v) is 3.21. The maximum absolute atomic E-state index is 6.08. The molecule has 1 saturated carbocycles. The van der Waals surface area contributed by atoms with Crippen LogP contribution in [-0.4, -0.2) is 12.1 Å². The Hall–Kier alpha value is -1.02. The second-order valence-corrected chi connectivity index (χ2v) is 5.85. The third kappa shape index (κ3) is 3.05. The van der Waals surface area contributed by atoms with Gasteiger partial charge in [-0.3, -0.25) is 0 Å². The molecule has 2 unspecified atom stereocenters. The van der Waals surface area contributed by atoms with Crippen LogP contribution >= 0.6 is 0 Å². The van der Waals surface area contributed by atoms with E-state index in [2.05, 4.69) is 43.4 Å². The molecule has 2 rings (SSSR count). The molecule has 0 amide bonds. The van der Waals surface area contributed by atoms with Crippen molar-refractivity contribution in [2.24, 2.45) is 11.7 Å². The summed E-state index contributed by atoms with van der Waals surface area (Å²) in [5, 5.41) is 3.72. The first-order chi connectivity index (χ1) is 8.67. The van der Waals surface area contributed by atoms with Crippen molar-refractivity contribution < 1.29 is 0 Å². The fraction of sp³-hybridized carbons (Fsp3) is 0.625. The largest absolute Gasteiger partial charge is 0.378 e. The van der Waals surface area contributed by atoms with Gasteiger partial charge in [-0.25, -0.2) is 0 Å². The predicted octanol–water partition coefficient (Wildman–Crippen LogP) is 3.70. The van der Waals surface area contributed by atoms with E-state index in [0.717, 1.165) is 12.5 Å². The SMILES string of the molecule is CCC1CCCC(CN)(Nc2cccc(C)c2)C1. The Morgan fingerprint density at radius 2 is 2.28 bits per heavy atom. The number of nitrogens with two attached hydrogens (primary N) is 1. The predicted molar refractivity (Wildman–Crippen MR) is 78.8 cm³/mol. The molecule has 1 fully saturated rings. The monoisotopic (exact) mass is 246 g/mol. The zero-order chi connectivity index (χ0) is 13.0. The van der Waals surface area contributed by atoms with Crippen LogP contribution in [0, 0.1) is 12.8 Å². The van der Waals surface area contributed by atoms with Crippen LogP contribution < -0.4 is 11.1 Å². The van der Waals surface area contributed by atoms with Crippen LogP contribution in [-0.2, 0) is 0 Å². The Kier molecular flexibility index (Phi) is 4.28. The van der Waals surface area contributed by atoms with E-state index >= 15 is 0 Å². The summed E-state index contributed by atoms with van der Waals surface area (Å²) in [5.41, 5.74) is 8.72. The molecule has 1 aromatic carbocycles. The van der Waals surface area contributed by atoms with E-state index in [9.17, 15) is 0 Å².